The Morgan fingerprint density at radius 1 is 0.586 bits per heavy atom. The van der Waals surface area contributed by atoms with Gasteiger partial charge in [-0.3, -0.25) is 9.11 Å². The summed E-state index contributed by atoms with van der Waals surface area (Å²) in [5.74, 6) is 0. The molecule has 0 fully saturated rings. The molecular weight excluding hydrogens is 453 g/mol. The molecule has 6 nitrogen and oxygen atoms in total. The van der Waals surface area contributed by atoms with Crippen molar-refractivity contribution in [2.75, 3.05) is 0 Å². The van der Waals surface area contributed by atoms with Crippen LogP contribution in [0.2, 0.25) is 0 Å². The van der Waals surface area contributed by atoms with Gasteiger partial charge in [0, 0.05) is 0 Å². The molecule has 0 atom stereocenters. The summed E-state index contributed by atoms with van der Waals surface area (Å²) >= 11 is 0. The topological polar surface area (TPSA) is 109 Å². The van der Waals surface area contributed by atoms with E-state index >= 15 is 0 Å². The normalized spacial score (nSPS) is 11.4. The Bertz CT molecular complexity index is 1120. The zero-order valence-electron chi connectivity index (χ0n) is 17.8. The molecular formula is C18H17Na2O6PS2. The van der Waals surface area contributed by atoms with Gasteiger partial charge in [-0.05, 0) is 48.1 Å². The first-order chi connectivity index (χ1) is 12.7. The maximum Gasteiger partial charge on any atom is 1.00 e. The molecule has 0 spiro atoms. The third-order valence-electron chi connectivity index (χ3n) is 3.76. The van der Waals surface area contributed by atoms with E-state index in [1.54, 1.807) is 12.1 Å². The first-order valence-electron chi connectivity index (χ1n) is 7.66. The van der Waals surface area contributed by atoms with Crippen LogP contribution in [0.15, 0.2) is 88.7 Å². The smallest absolute Gasteiger partial charge is 1.00 e. The zero-order valence-corrected chi connectivity index (χ0v) is 22.3. The second kappa shape index (κ2) is 11.0. The van der Waals surface area contributed by atoms with Crippen LogP contribution in [-0.4, -0.2) is 25.9 Å². The molecule has 144 valence electrons. The van der Waals surface area contributed by atoms with Crippen LogP contribution in [0.1, 0.15) is 2.85 Å². The first-order valence-corrected chi connectivity index (χ1v) is 11.9. The fourth-order valence-electron chi connectivity index (χ4n) is 2.59. The van der Waals surface area contributed by atoms with Gasteiger partial charge in [0.05, 0.1) is 9.79 Å². The molecule has 0 unspecified atom stereocenters. The summed E-state index contributed by atoms with van der Waals surface area (Å²) < 4.78 is 64.8. The van der Waals surface area contributed by atoms with Crippen molar-refractivity contribution in [2.45, 2.75) is 9.79 Å². The molecule has 2 N–H and O–H groups in total. The van der Waals surface area contributed by atoms with Crippen molar-refractivity contribution in [3.63, 3.8) is 0 Å². The van der Waals surface area contributed by atoms with Gasteiger partial charge in [0.1, 0.15) is 0 Å². The van der Waals surface area contributed by atoms with Crippen molar-refractivity contribution in [3.05, 3.63) is 78.9 Å². The Kier molecular flexibility index (Phi) is 10.2. The van der Waals surface area contributed by atoms with Crippen LogP contribution in [0.5, 0.6) is 0 Å². The number of rotatable bonds is 5. The maximum atomic E-state index is 11.5. The van der Waals surface area contributed by atoms with Crippen molar-refractivity contribution in [1.82, 2.24) is 0 Å². The molecule has 0 saturated carbocycles. The van der Waals surface area contributed by atoms with E-state index in [4.69, 9.17) is 0 Å². The monoisotopic (exact) mass is 470 g/mol. The first kappa shape index (κ1) is 26.9. The van der Waals surface area contributed by atoms with E-state index in [1.807, 2.05) is 30.3 Å². The van der Waals surface area contributed by atoms with E-state index in [9.17, 15) is 25.9 Å². The third-order valence-corrected chi connectivity index (χ3v) is 7.86. The van der Waals surface area contributed by atoms with Crippen LogP contribution >= 0.6 is 7.92 Å². The van der Waals surface area contributed by atoms with Gasteiger partial charge in [0.2, 0.25) is 0 Å². The predicted molar refractivity (Wildman–Crippen MR) is 107 cm³/mol. The summed E-state index contributed by atoms with van der Waals surface area (Å²) in [6, 6.07) is 21.0. The molecule has 0 radical (unpaired) electrons. The Morgan fingerprint density at radius 3 is 1.34 bits per heavy atom. The minimum atomic E-state index is -4.38. The summed E-state index contributed by atoms with van der Waals surface area (Å²) in [7, 11) is -10.1. The van der Waals surface area contributed by atoms with Gasteiger partial charge in [0.15, 0.2) is 0 Å². The summed E-state index contributed by atoms with van der Waals surface area (Å²) in [5.41, 5.74) is 0. The van der Waals surface area contributed by atoms with Gasteiger partial charge in [-0.1, -0.05) is 54.6 Å². The van der Waals surface area contributed by atoms with Gasteiger partial charge in [-0.25, -0.2) is 0 Å². The van der Waals surface area contributed by atoms with Crippen LogP contribution in [0.25, 0.3) is 0 Å². The Morgan fingerprint density at radius 2 is 0.966 bits per heavy atom. The zero-order chi connectivity index (χ0) is 19.7. The van der Waals surface area contributed by atoms with Crippen molar-refractivity contribution in [2.24, 2.45) is 0 Å². The molecule has 29 heavy (non-hydrogen) atoms. The van der Waals surface area contributed by atoms with Crippen LogP contribution in [0.4, 0.5) is 0 Å². The SMILES string of the molecule is O=S(=O)(O)c1cccc(P(c2ccccc2)c2cccc(S(=O)(=O)O)c2)c1.[H-].[H-].[Na+].[Na+]. The fourth-order valence-corrected chi connectivity index (χ4v) is 6.19. The van der Waals surface area contributed by atoms with Crippen LogP contribution in [0, 0.1) is 0 Å². The molecule has 0 aromatic heterocycles. The standard InChI is InChI=1S/C18H15O6PS2.2Na.2H/c19-26(20,21)17-10-4-8-15(12-17)25(14-6-2-1-3-7-14)16-9-5-11-18(13-16)27(22,23)24;;;;/h1-13H,(H,19,20,21)(H,22,23,24);;;;/q;2*+1;2*-1. The number of hydrogen-bond acceptors (Lipinski definition) is 4. The average Bonchev–Trinajstić information content (AvgIpc) is 2.62. The summed E-state index contributed by atoms with van der Waals surface area (Å²) in [5, 5.41) is 2.07. The van der Waals surface area contributed by atoms with Gasteiger partial charge < -0.3 is 2.85 Å². The largest absolute Gasteiger partial charge is 1.00 e. The molecule has 3 aromatic carbocycles. The summed E-state index contributed by atoms with van der Waals surface area (Å²) in [6.07, 6.45) is 0. The quantitative estimate of drug-likeness (QED) is 0.225. The molecule has 0 saturated heterocycles. The Hall–Kier alpha value is -0.0900. The molecule has 0 aliphatic carbocycles. The van der Waals surface area contributed by atoms with Gasteiger partial charge in [-0.2, -0.15) is 16.8 Å². The van der Waals surface area contributed by atoms with E-state index in [0.717, 1.165) is 5.30 Å². The van der Waals surface area contributed by atoms with Gasteiger partial charge in [0.25, 0.3) is 20.2 Å². The average molecular weight is 470 g/mol. The molecule has 11 heteroatoms. The van der Waals surface area contributed by atoms with Crippen molar-refractivity contribution < 1.29 is 87.9 Å². The molecule has 0 aliphatic rings. The molecule has 0 aliphatic heterocycles. The second-order valence-electron chi connectivity index (χ2n) is 5.62. The van der Waals surface area contributed by atoms with Crippen LogP contribution in [0.3, 0.4) is 0 Å². The maximum absolute atomic E-state index is 11.5. The minimum absolute atomic E-state index is 0. The molecule has 0 bridgehead atoms. The van der Waals surface area contributed by atoms with Gasteiger partial charge in [-0.15, -0.1) is 0 Å². The van der Waals surface area contributed by atoms with Gasteiger partial charge >= 0.3 is 59.1 Å². The van der Waals surface area contributed by atoms with E-state index in [0.29, 0.717) is 10.6 Å². The molecule has 3 rings (SSSR count). The van der Waals surface area contributed by atoms with Crippen LogP contribution in [-0.2, 0) is 20.2 Å². The predicted octanol–water partition coefficient (Wildman–Crippen LogP) is -3.83. The van der Waals surface area contributed by atoms with E-state index < -0.39 is 28.2 Å². The second-order valence-corrected chi connectivity index (χ2v) is 10.7. The molecule has 0 amide bonds. The van der Waals surface area contributed by atoms with Crippen molar-refractivity contribution >= 4 is 44.1 Å². The third kappa shape index (κ3) is 6.95. The number of hydrogen-bond donors (Lipinski definition) is 2. The molecule has 3 aromatic rings. The van der Waals surface area contributed by atoms with Crippen molar-refractivity contribution in [3.8, 4) is 0 Å². The minimum Gasteiger partial charge on any atom is -1.00 e. The Balaban J connectivity index is 0. The van der Waals surface area contributed by atoms with E-state index in [1.165, 1.54) is 36.4 Å². The molecule has 0 heterocycles. The van der Waals surface area contributed by atoms with Crippen LogP contribution < -0.4 is 75.0 Å². The van der Waals surface area contributed by atoms with E-state index in [2.05, 4.69) is 0 Å². The fraction of sp³-hybridized carbons (Fsp3) is 0. The number of benzene rings is 3. The Labute approximate surface area is 218 Å². The summed E-state index contributed by atoms with van der Waals surface area (Å²) in [4.78, 5) is -0.483. The van der Waals surface area contributed by atoms with E-state index in [-0.39, 0.29) is 71.8 Å². The van der Waals surface area contributed by atoms with Crippen molar-refractivity contribution in [1.29, 1.82) is 0 Å². The summed E-state index contributed by atoms with van der Waals surface area (Å²) in [6.45, 7) is 0.